The monoisotopic (exact) mass is 283 g/mol. The molecule has 0 unspecified atom stereocenters. The van der Waals surface area contributed by atoms with Crippen LogP contribution in [-0.4, -0.2) is 30.2 Å². The largest absolute Gasteiger partial charge is 0.392 e. The van der Waals surface area contributed by atoms with E-state index in [4.69, 9.17) is 9.63 Å². The van der Waals surface area contributed by atoms with Gasteiger partial charge in [0, 0.05) is 13.0 Å². The minimum absolute atomic E-state index is 0.0722. The Morgan fingerprint density at radius 2 is 2.11 bits per heavy atom. The predicted molar refractivity (Wildman–Crippen MR) is 65.6 cm³/mol. The SMILES string of the molecule is O=S(=O)(NCCc1ncno1)c1ccccc1CO. The first-order chi connectivity index (χ1) is 9.13. The maximum Gasteiger partial charge on any atom is 0.240 e. The average molecular weight is 283 g/mol. The molecule has 0 aliphatic rings. The third kappa shape index (κ3) is 3.37. The maximum absolute atomic E-state index is 12.1. The van der Waals surface area contributed by atoms with Gasteiger partial charge in [0.2, 0.25) is 15.9 Å². The lowest BCUT2D eigenvalue weighted by atomic mass is 10.2. The summed E-state index contributed by atoms with van der Waals surface area (Å²) in [5, 5.41) is 12.6. The minimum Gasteiger partial charge on any atom is -0.392 e. The van der Waals surface area contributed by atoms with Gasteiger partial charge in [0.1, 0.15) is 0 Å². The van der Waals surface area contributed by atoms with Crippen molar-refractivity contribution in [3.63, 3.8) is 0 Å². The highest BCUT2D eigenvalue weighted by Crippen LogP contribution is 2.14. The van der Waals surface area contributed by atoms with Crippen LogP contribution in [-0.2, 0) is 23.1 Å². The van der Waals surface area contributed by atoms with E-state index in [9.17, 15) is 8.42 Å². The van der Waals surface area contributed by atoms with E-state index in [0.717, 1.165) is 0 Å². The molecule has 2 aromatic rings. The second-order valence-electron chi connectivity index (χ2n) is 3.75. The number of sulfonamides is 1. The van der Waals surface area contributed by atoms with E-state index in [1.54, 1.807) is 18.2 Å². The average Bonchev–Trinajstić information content (AvgIpc) is 2.91. The number of hydrogen-bond donors (Lipinski definition) is 2. The van der Waals surface area contributed by atoms with Crippen molar-refractivity contribution in [2.75, 3.05) is 6.54 Å². The van der Waals surface area contributed by atoms with Gasteiger partial charge in [0.05, 0.1) is 11.5 Å². The lowest BCUT2D eigenvalue weighted by molar-refractivity contribution is 0.278. The molecule has 2 rings (SSSR count). The highest BCUT2D eigenvalue weighted by atomic mass is 32.2. The molecule has 0 saturated heterocycles. The Hall–Kier alpha value is -1.77. The molecular weight excluding hydrogens is 270 g/mol. The highest BCUT2D eigenvalue weighted by molar-refractivity contribution is 7.89. The summed E-state index contributed by atoms with van der Waals surface area (Å²) in [5.41, 5.74) is 0.354. The Morgan fingerprint density at radius 1 is 1.32 bits per heavy atom. The van der Waals surface area contributed by atoms with Crippen LogP contribution in [0.5, 0.6) is 0 Å². The van der Waals surface area contributed by atoms with Crippen LogP contribution >= 0.6 is 0 Å². The fourth-order valence-corrected chi connectivity index (χ4v) is 2.83. The molecule has 0 spiro atoms. The van der Waals surface area contributed by atoms with Crippen LogP contribution in [0.1, 0.15) is 11.5 Å². The number of aliphatic hydroxyl groups is 1. The second kappa shape index (κ2) is 5.91. The summed E-state index contributed by atoms with van der Waals surface area (Å²) in [6.07, 6.45) is 1.56. The quantitative estimate of drug-likeness (QED) is 0.778. The van der Waals surface area contributed by atoms with Crippen molar-refractivity contribution < 1.29 is 18.0 Å². The molecule has 0 bridgehead atoms. The topological polar surface area (TPSA) is 105 Å². The number of nitrogens with one attached hydrogen (secondary N) is 1. The van der Waals surface area contributed by atoms with Crippen molar-refractivity contribution in [2.45, 2.75) is 17.9 Å². The molecule has 0 fully saturated rings. The summed E-state index contributed by atoms with van der Waals surface area (Å²) in [4.78, 5) is 3.86. The molecule has 1 heterocycles. The van der Waals surface area contributed by atoms with Gasteiger partial charge in [-0.25, -0.2) is 13.1 Å². The lowest BCUT2D eigenvalue weighted by Crippen LogP contribution is -2.27. The molecule has 8 heteroatoms. The molecule has 2 N–H and O–H groups in total. The standard InChI is InChI=1S/C11H13N3O4S/c15-7-9-3-1-2-4-10(9)19(16,17)14-6-5-11-12-8-13-18-11/h1-4,8,14-15H,5-7H2. The maximum atomic E-state index is 12.1. The summed E-state index contributed by atoms with van der Waals surface area (Å²) in [6.45, 7) is -0.189. The Morgan fingerprint density at radius 3 is 2.79 bits per heavy atom. The first-order valence-corrected chi connectivity index (χ1v) is 7.06. The summed E-state index contributed by atoms with van der Waals surface area (Å²) in [6, 6.07) is 6.28. The molecule has 0 saturated carbocycles. The number of aromatic nitrogens is 2. The van der Waals surface area contributed by atoms with Crippen molar-refractivity contribution in [2.24, 2.45) is 0 Å². The normalized spacial score (nSPS) is 11.6. The summed E-state index contributed by atoms with van der Waals surface area (Å²) >= 11 is 0. The Labute approximate surface area is 110 Å². The number of hydrogen-bond acceptors (Lipinski definition) is 6. The van der Waals surface area contributed by atoms with Crippen LogP contribution in [0.4, 0.5) is 0 Å². The molecule has 0 aliphatic heterocycles. The van der Waals surface area contributed by atoms with Gasteiger partial charge in [-0.3, -0.25) is 0 Å². The van der Waals surface area contributed by atoms with Gasteiger partial charge in [-0.1, -0.05) is 23.4 Å². The first kappa shape index (κ1) is 13.7. The predicted octanol–water partition coefficient (Wildman–Crippen LogP) is 0.0829. The number of nitrogens with zero attached hydrogens (tertiary/aromatic N) is 2. The van der Waals surface area contributed by atoms with E-state index in [1.165, 1.54) is 12.4 Å². The van der Waals surface area contributed by atoms with Crippen LogP contribution < -0.4 is 4.72 Å². The molecule has 0 amide bonds. The molecular formula is C11H13N3O4S. The summed E-state index contributed by atoms with van der Waals surface area (Å²) in [5.74, 6) is 0.359. The van der Waals surface area contributed by atoms with E-state index in [0.29, 0.717) is 17.9 Å². The van der Waals surface area contributed by atoms with Gasteiger partial charge in [-0.05, 0) is 11.6 Å². The van der Waals surface area contributed by atoms with E-state index < -0.39 is 10.0 Å². The van der Waals surface area contributed by atoms with Crippen molar-refractivity contribution >= 4 is 10.0 Å². The van der Waals surface area contributed by atoms with Crippen LogP contribution in [0.3, 0.4) is 0 Å². The first-order valence-electron chi connectivity index (χ1n) is 5.57. The zero-order valence-electron chi connectivity index (χ0n) is 9.98. The number of benzene rings is 1. The second-order valence-corrected chi connectivity index (χ2v) is 5.48. The van der Waals surface area contributed by atoms with Gasteiger partial charge in [-0.15, -0.1) is 0 Å². The van der Waals surface area contributed by atoms with Crippen LogP contribution in [0.2, 0.25) is 0 Å². The fourth-order valence-electron chi connectivity index (χ4n) is 1.57. The van der Waals surface area contributed by atoms with Crippen molar-refractivity contribution in [1.29, 1.82) is 0 Å². The fraction of sp³-hybridized carbons (Fsp3) is 0.273. The van der Waals surface area contributed by atoms with Gasteiger partial charge >= 0.3 is 0 Å². The number of aliphatic hydroxyl groups excluding tert-OH is 1. The van der Waals surface area contributed by atoms with Gasteiger partial charge in [0.15, 0.2) is 6.33 Å². The number of rotatable bonds is 6. The molecule has 1 aromatic heterocycles. The highest BCUT2D eigenvalue weighted by Gasteiger charge is 2.17. The van der Waals surface area contributed by atoms with Gasteiger partial charge in [0.25, 0.3) is 0 Å². The Kier molecular flexibility index (Phi) is 4.25. The van der Waals surface area contributed by atoms with Crippen molar-refractivity contribution in [3.8, 4) is 0 Å². The van der Waals surface area contributed by atoms with Crippen molar-refractivity contribution in [1.82, 2.24) is 14.9 Å². The minimum atomic E-state index is -3.66. The van der Waals surface area contributed by atoms with E-state index >= 15 is 0 Å². The molecule has 0 atom stereocenters. The van der Waals surface area contributed by atoms with Gasteiger partial charge in [-0.2, -0.15) is 4.98 Å². The van der Waals surface area contributed by atoms with Crippen LogP contribution in [0, 0.1) is 0 Å². The molecule has 0 aliphatic carbocycles. The summed E-state index contributed by atoms with van der Waals surface area (Å²) < 4.78 is 31.3. The molecule has 1 aromatic carbocycles. The van der Waals surface area contributed by atoms with E-state index in [-0.39, 0.29) is 18.0 Å². The smallest absolute Gasteiger partial charge is 0.240 e. The van der Waals surface area contributed by atoms with Crippen LogP contribution in [0.25, 0.3) is 0 Å². The summed E-state index contributed by atoms with van der Waals surface area (Å²) in [7, 11) is -3.66. The van der Waals surface area contributed by atoms with Crippen molar-refractivity contribution in [3.05, 3.63) is 42.0 Å². The van der Waals surface area contributed by atoms with Gasteiger partial charge < -0.3 is 9.63 Å². The molecule has 102 valence electrons. The molecule has 0 radical (unpaired) electrons. The third-order valence-electron chi connectivity index (χ3n) is 2.47. The van der Waals surface area contributed by atoms with E-state index in [2.05, 4.69) is 14.9 Å². The van der Waals surface area contributed by atoms with Crippen LogP contribution in [0.15, 0.2) is 40.0 Å². The lowest BCUT2D eigenvalue weighted by Gasteiger charge is -2.09. The Bertz CT molecular complexity index is 625. The zero-order chi connectivity index (χ0) is 13.7. The van der Waals surface area contributed by atoms with E-state index in [1.807, 2.05) is 0 Å². The Balaban J connectivity index is 2.05. The third-order valence-corrected chi connectivity index (χ3v) is 4.03. The zero-order valence-corrected chi connectivity index (χ0v) is 10.8. The molecule has 19 heavy (non-hydrogen) atoms. The molecule has 7 nitrogen and oxygen atoms in total.